The van der Waals surface area contributed by atoms with Gasteiger partial charge in [0.15, 0.2) is 0 Å². The molecule has 0 saturated carbocycles. The topological polar surface area (TPSA) is 180 Å². The van der Waals surface area contributed by atoms with E-state index >= 15 is 0 Å². The van der Waals surface area contributed by atoms with E-state index in [-0.39, 0.29) is 85.4 Å². The molecule has 0 rings (SSSR count). The second kappa shape index (κ2) is 21.8. The molecule has 0 fully saturated rings. The molecule has 0 amide bonds. The fourth-order valence-electron chi connectivity index (χ4n) is 1.74. The molecule has 0 bridgehead atoms. The molecule has 0 unspecified atom stereocenters. The van der Waals surface area contributed by atoms with Gasteiger partial charge in [0.05, 0.1) is 66.1 Å². The summed E-state index contributed by atoms with van der Waals surface area (Å²) in [5.41, 5.74) is 0.635. The quantitative estimate of drug-likeness (QED) is 0.0919. The van der Waals surface area contributed by atoms with Gasteiger partial charge in [-0.15, -0.1) is 0 Å². The van der Waals surface area contributed by atoms with Gasteiger partial charge < -0.3 is 39.5 Å². The minimum atomic E-state index is -4.20. The normalized spacial score (nSPS) is 10.9. The standard InChI is InChI=1S/C20H35O12P.H3N/c1-17(2)19(21)29-13-9-25-5-7-27-11-15-31-33(23,24)32-16-12-28-8-6-26-10-14-30-20(22)18(3)4;/h1,3,5-16H2,2,4H3,(H,23,24);1H3. The van der Waals surface area contributed by atoms with Gasteiger partial charge in [0.1, 0.15) is 13.2 Å². The van der Waals surface area contributed by atoms with Crippen molar-refractivity contribution in [3.05, 3.63) is 24.3 Å². The summed E-state index contributed by atoms with van der Waals surface area (Å²) in [6, 6.07) is 0. The van der Waals surface area contributed by atoms with Gasteiger partial charge in [-0.3, -0.25) is 9.05 Å². The molecule has 13 nitrogen and oxygen atoms in total. The van der Waals surface area contributed by atoms with E-state index in [2.05, 4.69) is 13.2 Å². The Hall–Kier alpha value is -1.67. The van der Waals surface area contributed by atoms with Crippen molar-refractivity contribution in [2.45, 2.75) is 13.8 Å². The third-order valence-electron chi connectivity index (χ3n) is 3.33. The lowest BCUT2D eigenvalue weighted by molar-refractivity contribution is -0.141. The number of hydrogen-bond acceptors (Lipinski definition) is 12. The highest BCUT2D eigenvalue weighted by Crippen LogP contribution is 2.42. The Morgan fingerprint density at radius 2 is 0.882 bits per heavy atom. The van der Waals surface area contributed by atoms with Crippen molar-refractivity contribution in [2.75, 3.05) is 79.3 Å². The lowest BCUT2D eigenvalue weighted by Gasteiger charge is -2.12. The molecule has 0 saturated heterocycles. The summed E-state index contributed by atoms with van der Waals surface area (Å²) in [4.78, 5) is 31.8. The van der Waals surface area contributed by atoms with E-state index in [1.165, 1.54) is 0 Å². The molecule has 0 radical (unpaired) electrons. The zero-order chi connectivity index (χ0) is 25.0. The van der Waals surface area contributed by atoms with Gasteiger partial charge in [-0.05, 0) is 13.8 Å². The van der Waals surface area contributed by atoms with Crippen molar-refractivity contribution in [1.82, 2.24) is 6.15 Å². The number of carbonyl (C=O) groups excluding carboxylic acids is 2. The van der Waals surface area contributed by atoms with Crippen LogP contribution in [0.3, 0.4) is 0 Å². The Kier molecular flexibility index (Phi) is 22.2. The first-order valence-electron chi connectivity index (χ1n) is 10.2. The highest BCUT2D eigenvalue weighted by molar-refractivity contribution is 7.47. The van der Waals surface area contributed by atoms with Crippen LogP contribution in [0.25, 0.3) is 0 Å². The van der Waals surface area contributed by atoms with Gasteiger partial charge in [-0.25, -0.2) is 14.2 Å². The van der Waals surface area contributed by atoms with Crippen molar-refractivity contribution in [3.63, 3.8) is 0 Å². The molecule has 0 aliphatic heterocycles. The van der Waals surface area contributed by atoms with Crippen molar-refractivity contribution in [2.24, 2.45) is 0 Å². The summed E-state index contributed by atoms with van der Waals surface area (Å²) in [5.74, 6) is -0.946. The maximum Gasteiger partial charge on any atom is 0.472 e. The van der Waals surface area contributed by atoms with Crippen LogP contribution in [0.5, 0.6) is 0 Å². The fourth-order valence-corrected chi connectivity index (χ4v) is 2.42. The van der Waals surface area contributed by atoms with Crippen LogP contribution in [0.1, 0.15) is 13.8 Å². The van der Waals surface area contributed by atoms with Crippen LogP contribution in [-0.4, -0.2) is 96.1 Å². The van der Waals surface area contributed by atoms with Crippen molar-refractivity contribution < 1.29 is 56.5 Å². The van der Waals surface area contributed by atoms with Crippen molar-refractivity contribution >= 4 is 19.8 Å². The molecule has 0 aliphatic carbocycles. The summed E-state index contributed by atoms with van der Waals surface area (Å²) in [6.45, 7) is 11.5. The molecule has 0 heterocycles. The Balaban J connectivity index is 0. The largest absolute Gasteiger partial charge is 0.472 e. The monoisotopic (exact) mass is 515 g/mol. The molecule has 0 aromatic carbocycles. The highest BCUT2D eigenvalue weighted by Gasteiger charge is 2.20. The van der Waals surface area contributed by atoms with Crippen molar-refractivity contribution in [1.29, 1.82) is 0 Å². The number of esters is 2. The number of ether oxygens (including phenoxy) is 6. The van der Waals surface area contributed by atoms with Gasteiger partial charge >= 0.3 is 19.8 Å². The summed E-state index contributed by atoms with van der Waals surface area (Å²) in [7, 11) is -4.20. The average molecular weight is 515 g/mol. The number of rotatable bonds is 22. The van der Waals surface area contributed by atoms with Gasteiger partial charge in [-0.1, -0.05) is 13.2 Å². The summed E-state index contributed by atoms with van der Waals surface area (Å²) in [6.07, 6.45) is 0. The Bertz CT molecular complexity index is 593. The lowest BCUT2D eigenvalue weighted by Crippen LogP contribution is -2.14. The number of hydrogen-bond donors (Lipinski definition) is 2. The molecule has 0 aromatic heterocycles. The van der Waals surface area contributed by atoms with E-state index in [0.717, 1.165) is 0 Å². The minimum Gasteiger partial charge on any atom is -0.460 e. The van der Waals surface area contributed by atoms with Gasteiger partial charge in [-0.2, -0.15) is 0 Å². The average Bonchev–Trinajstić information content (AvgIpc) is 2.75. The van der Waals surface area contributed by atoms with E-state index in [1.807, 2.05) is 0 Å². The molecular weight excluding hydrogens is 477 g/mol. The molecule has 4 N–H and O–H groups in total. The SMILES string of the molecule is C=C(C)C(=O)OCCOCCOCCOP(=O)(O)OCCOCCOCCOC(=O)C(=C)C.N. The van der Waals surface area contributed by atoms with Crippen LogP contribution >= 0.6 is 7.82 Å². The van der Waals surface area contributed by atoms with Gasteiger partial charge in [0.2, 0.25) is 0 Å². The van der Waals surface area contributed by atoms with E-state index in [0.29, 0.717) is 11.1 Å². The smallest absolute Gasteiger partial charge is 0.460 e. The Morgan fingerprint density at radius 3 is 1.18 bits per heavy atom. The van der Waals surface area contributed by atoms with Crippen LogP contribution in [0.2, 0.25) is 0 Å². The zero-order valence-electron chi connectivity index (χ0n) is 20.0. The first-order valence-corrected chi connectivity index (χ1v) is 11.7. The molecule has 0 atom stereocenters. The van der Waals surface area contributed by atoms with Crippen LogP contribution < -0.4 is 6.15 Å². The predicted octanol–water partition coefficient (Wildman–Crippen LogP) is 1.59. The predicted molar refractivity (Wildman–Crippen MR) is 122 cm³/mol. The second-order valence-corrected chi connectivity index (χ2v) is 7.87. The first-order chi connectivity index (χ1) is 15.7. The molecule has 14 heteroatoms. The highest BCUT2D eigenvalue weighted by atomic mass is 31.2. The lowest BCUT2D eigenvalue weighted by atomic mass is 10.4. The number of phosphoric ester groups is 1. The van der Waals surface area contributed by atoms with E-state index in [9.17, 15) is 19.0 Å². The molecule has 0 aliphatic rings. The minimum absolute atomic E-state index is 0. The van der Waals surface area contributed by atoms with Crippen LogP contribution in [0, 0.1) is 0 Å². The van der Waals surface area contributed by atoms with Crippen LogP contribution in [0.15, 0.2) is 24.3 Å². The summed E-state index contributed by atoms with van der Waals surface area (Å²) < 4.78 is 51.7. The number of carbonyl (C=O) groups is 2. The number of phosphoric acid groups is 1. The molecule has 0 aromatic rings. The summed E-state index contributed by atoms with van der Waals surface area (Å²) in [5, 5.41) is 0. The van der Waals surface area contributed by atoms with Crippen LogP contribution in [0.4, 0.5) is 0 Å². The van der Waals surface area contributed by atoms with Crippen molar-refractivity contribution in [3.8, 4) is 0 Å². The molecular formula is C20H38NO12P. The van der Waals surface area contributed by atoms with E-state index < -0.39 is 19.8 Å². The van der Waals surface area contributed by atoms with Crippen LogP contribution in [-0.2, 0) is 51.6 Å². The zero-order valence-corrected chi connectivity index (χ0v) is 20.9. The maximum atomic E-state index is 11.7. The third-order valence-corrected chi connectivity index (χ3v) is 4.34. The fraction of sp³-hybridized carbons (Fsp3) is 0.700. The third kappa shape index (κ3) is 22.1. The molecule has 200 valence electrons. The van der Waals surface area contributed by atoms with Gasteiger partial charge in [0.25, 0.3) is 0 Å². The Labute approximate surface area is 200 Å². The molecule has 0 spiro atoms. The Morgan fingerprint density at radius 1 is 0.618 bits per heavy atom. The van der Waals surface area contributed by atoms with E-state index in [4.69, 9.17) is 37.5 Å². The van der Waals surface area contributed by atoms with Gasteiger partial charge in [0, 0.05) is 11.1 Å². The second-order valence-electron chi connectivity index (χ2n) is 6.42. The summed E-state index contributed by atoms with van der Waals surface area (Å²) >= 11 is 0. The van der Waals surface area contributed by atoms with E-state index in [1.54, 1.807) is 13.8 Å². The first kappa shape index (κ1) is 34.5. The molecule has 34 heavy (non-hydrogen) atoms. The maximum absolute atomic E-state index is 11.7.